The lowest BCUT2D eigenvalue weighted by Crippen LogP contribution is -1.97. The molecule has 0 unspecified atom stereocenters. The van der Waals surface area contributed by atoms with E-state index in [1.54, 1.807) is 0 Å². The van der Waals surface area contributed by atoms with E-state index in [0.29, 0.717) is 13.2 Å². The monoisotopic (exact) mass is 354 g/mol. The van der Waals surface area contributed by atoms with Crippen molar-refractivity contribution in [3.8, 4) is 11.5 Å². The highest BCUT2D eigenvalue weighted by Crippen LogP contribution is 2.26. The van der Waals surface area contributed by atoms with Gasteiger partial charge >= 0.3 is 0 Å². The lowest BCUT2D eigenvalue weighted by atomic mass is 10.2. The van der Waals surface area contributed by atoms with Crippen molar-refractivity contribution in [1.82, 2.24) is 0 Å². The number of benzene rings is 2. The van der Waals surface area contributed by atoms with E-state index in [9.17, 15) is 0 Å². The minimum absolute atomic E-state index is 0.576. The Morgan fingerprint density at radius 2 is 1.78 bits per heavy atom. The van der Waals surface area contributed by atoms with Crippen molar-refractivity contribution >= 4 is 22.6 Å². The van der Waals surface area contributed by atoms with Crippen LogP contribution in [0.25, 0.3) is 0 Å². The molecule has 0 amide bonds. The Morgan fingerprint density at radius 3 is 2.50 bits per heavy atom. The summed E-state index contributed by atoms with van der Waals surface area (Å²) in [5.41, 5.74) is 1.16. The molecule has 0 radical (unpaired) electrons. The molecule has 0 spiro atoms. The van der Waals surface area contributed by atoms with Crippen LogP contribution in [0.1, 0.15) is 12.5 Å². The highest BCUT2D eigenvalue weighted by molar-refractivity contribution is 14.1. The van der Waals surface area contributed by atoms with Crippen molar-refractivity contribution in [2.45, 2.75) is 13.5 Å². The zero-order valence-corrected chi connectivity index (χ0v) is 12.4. The summed E-state index contributed by atoms with van der Waals surface area (Å²) in [4.78, 5) is 0. The molecule has 0 aliphatic heterocycles. The summed E-state index contributed by atoms with van der Waals surface area (Å²) in [7, 11) is 0. The number of hydrogen-bond donors (Lipinski definition) is 0. The average Bonchev–Trinajstić information content (AvgIpc) is 2.41. The van der Waals surface area contributed by atoms with Crippen molar-refractivity contribution in [2.24, 2.45) is 0 Å². The van der Waals surface area contributed by atoms with Crippen LogP contribution in [0.4, 0.5) is 0 Å². The van der Waals surface area contributed by atoms with Crippen molar-refractivity contribution < 1.29 is 9.47 Å². The van der Waals surface area contributed by atoms with Crippen LogP contribution in [-0.4, -0.2) is 6.61 Å². The molecule has 94 valence electrons. The van der Waals surface area contributed by atoms with E-state index in [4.69, 9.17) is 9.47 Å². The second-order valence-corrected chi connectivity index (χ2v) is 4.96. The molecule has 0 atom stereocenters. The maximum Gasteiger partial charge on any atom is 0.136 e. The summed E-state index contributed by atoms with van der Waals surface area (Å²) in [5.74, 6) is 1.71. The Kier molecular flexibility index (Phi) is 4.87. The second-order valence-electron chi connectivity index (χ2n) is 3.80. The van der Waals surface area contributed by atoms with E-state index in [2.05, 4.69) is 34.7 Å². The van der Waals surface area contributed by atoms with Gasteiger partial charge < -0.3 is 9.47 Å². The fraction of sp³-hybridized carbons (Fsp3) is 0.200. The summed E-state index contributed by atoms with van der Waals surface area (Å²) in [6.45, 7) is 3.22. The van der Waals surface area contributed by atoms with Gasteiger partial charge in [0, 0.05) is 6.07 Å². The lowest BCUT2D eigenvalue weighted by molar-refractivity contribution is 0.299. The minimum atomic E-state index is 0.576. The van der Waals surface area contributed by atoms with Gasteiger partial charge in [-0.25, -0.2) is 0 Å². The largest absolute Gasteiger partial charge is 0.493 e. The standard InChI is InChI=1S/C15H15IO2/c1-2-17-15-10-13(8-9-14(15)16)18-11-12-6-4-3-5-7-12/h3-10H,2,11H2,1H3. The second kappa shape index (κ2) is 6.64. The van der Waals surface area contributed by atoms with Gasteiger partial charge in [-0.15, -0.1) is 0 Å². The molecule has 0 aromatic heterocycles. The van der Waals surface area contributed by atoms with Crippen LogP contribution in [0.5, 0.6) is 11.5 Å². The van der Waals surface area contributed by atoms with Crippen LogP contribution in [0.3, 0.4) is 0 Å². The van der Waals surface area contributed by atoms with Gasteiger partial charge in [-0.2, -0.15) is 0 Å². The number of rotatable bonds is 5. The summed E-state index contributed by atoms with van der Waals surface area (Å²) < 4.78 is 12.4. The lowest BCUT2D eigenvalue weighted by Gasteiger charge is -2.10. The Balaban J connectivity index is 2.03. The highest BCUT2D eigenvalue weighted by atomic mass is 127. The fourth-order valence-corrected chi connectivity index (χ4v) is 2.07. The van der Waals surface area contributed by atoms with Gasteiger partial charge in [0.2, 0.25) is 0 Å². The van der Waals surface area contributed by atoms with Gasteiger partial charge in [0.1, 0.15) is 18.1 Å². The molecule has 2 aromatic carbocycles. The minimum Gasteiger partial charge on any atom is -0.493 e. The zero-order valence-electron chi connectivity index (χ0n) is 10.2. The van der Waals surface area contributed by atoms with Gasteiger partial charge in [0.15, 0.2) is 0 Å². The van der Waals surface area contributed by atoms with Crippen LogP contribution in [0.2, 0.25) is 0 Å². The Hall–Kier alpha value is -1.23. The molecule has 0 saturated carbocycles. The van der Waals surface area contributed by atoms with Gasteiger partial charge in [-0.05, 0) is 47.2 Å². The third-order valence-corrected chi connectivity index (χ3v) is 3.34. The molecule has 18 heavy (non-hydrogen) atoms. The van der Waals surface area contributed by atoms with Gasteiger partial charge in [-0.1, -0.05) is 30.3 Å². The summed E-state index contributed by atoms with van der Waals surface area (Å²) >= 11 is 2.26. The smallest absolute Gasteiger partial charge is 0.136 e. The SMILES string of the molecule is CCOc1cc(OCc2ccccc2)ccc1I. The van der Waals surface area contributed by atoms with Gasteiger partial charge in [0.25, 0.3) is 0 Å². The Bertz CT molecular complexity index is 497. The summed E-state index contributed by atoms with van der Waals surface area (Å²) in [5, 5.41) is 0. The van der Waals surface area contributed by atoms with E-state index < -0.39 is 0 Å². The molecule has 2 aromatic rings. The Labute approximate surface area is 121 Å². The quantitative estimate of drug-likeness (QED) is 0.747. The highest BCUT2D eigenvalue weighted by Gasteiger charge is 2.03. The van der Waals surface area contributed by atoms with E-state index >= 15 is 0 Å². The first-order valence-electron chi connectivity index (χ1n) is 5.88. The predicted octanol–water partition coefficient (Wildman–Crippen LogP) is 4.27. The maximum absolute atomic E-state index is 5.75. The molecule has 3 heteroatoms. The number of ether oxygens (including phenoxy) is 2. The molecule has 0 saturated heterocycles. The number of hydrogen-bond acceptors (Lipinski definition) is 2. The van der Waals surface area contributed by atoms with E-state index in [0.717, 1.165) is 20.6 Å². The van der Waals surface area contributed by atoms with Crippen molar-refractivity contribution in [2.75, 3.05) is 6.61 Å². The Morgan fingerprint density at radius 1 is 1.00 bits per heavy atom. The maximum atomic E-state index is 5.75. The van der Waals surface area contributed by atoms with E-state index in [-0.39, 0.29) is 0 Å². The van der Waals surface area contributed by atoms with Crippen molar-refractivity contribution in [1.29, 1.82) is 0 Å². The van der Waals surface area contributed by atoms with Crippen molar-refractivity contribution in [3.63, 3.8) is 0 Å². The molecular formula is C15H15IO2. The molecular weight excluding hydrogens is 339 g/mol. The third kappa shape index (κ3) is 3.63. The van der Waals surface area contributed by atoms with Crippen LogP contribution < -0.4 is 9.47 Å². The van der Waals surface area contributed by atoms with Crippen molar-refractivity contribution in [3.05, 3.63) is 57.7 Å². The molecule has 0 aliphatic carbocycles. The van der Waals surface area contributed by atoms with Crippen LogP contribution in [-0.2, 0) is 6.61 Å². The molecule has 0 heterocycles. The first kappa shape index (κ1) is 13.2. The van der Waals surface area contributed by atoms with Crippen LogP contribution in [0, 0.1) is 3.57 Å². The van der Waals surface area contributed by atoms with Gasteiger partial charge in [0.05, 0.1) is 10.2 Å². The number of halogens is 1. The molecule has 2 nitrogen and oxygen atoms in total. The molecule has 0 fully saturated rings. The third-order valence-electron chi connectivity index (χ3n) is 2.45. The summed E-state index contributed by atoms with van der Waals surface area (Å²) in [6.07, 6.45) is 0. The topological polar surface area (TPSA) is 18.5 Å². The predicted molar refractivity (Wildman–Crippen MR) is 81.1 cm³/mol. The van der Waals surface area contributed by atoms with E-state index in [1.807, 2.05) is 43.3 Å². The first-order valence-corrected chi connectivity index (χ1v) is 6.96. The van der Waals surface area contributed by atoms with Gasteiger partial charge in [-0.3, -0.25) is 0 Å². The average molecular weight is 354 g/mol. The summed E-state index contributed by atoms with van der Waals surface area (Å²) in [6, 6.07) is 16.0. The molecule has 0 N–H and O–H groups in total. The zero-order chi connectivity index (χ0) is 12.8. The van der Waals surface area contributed by atoms with Crippen LogP contribution in [0.15, 0.2) is 48.5 Å². The molecule has 0 aliphatic rings. The van der Waals surface area contributed by atoms with Crippen LogP contribution >= 0.6 is 22.6 Å². The van der Waals surface area contributed by atoms with E-state index in [1.165, 1.54) is 0 Å². The molecule has 2 rings (SSSR count). The molecule has 0 bridgehead atoms. The first-order chi connectivity index (χ1) is 8.79. The fourth-order valence-electron chi connectivity index (χ4n) is 1.58. The normalized spacial score (nSPS) is 10.1.